The standard InChI is InChI=1S/C17H18N2O4/c1-23-17-14(8-5-9-18-17)16(22)19-11-13(10-15(20)21)12-6-3-2-4-7-12/h2-9,13H,10-11H2,1H3,(H,19,22)(H,20,21)/t13-/m0/s1. The number of hydrogen-bond donors (Lipinski definition) is 2. The fraction of sp³-hybridized carbons (Fsp3) is 0.235. The molecule has 2 aromatic rings. The van der Waals surface area contributed by atoms with Gasteiger partial charge in [0.25, 0.3) is 5.91 Å². The lowest BCUT2D eigenvalue weighted by Crippen LogP contribution is -2.29. The number of carboxylic acids is 1. The average Bonchev–Trinajstić information content (AvgIpc) is 2.58. The van der Waals surface area contributed by atoms with Gasteiger partial charge in [-0.05, 0) is 17.7 Å². The van der Waals surface area contributed by atoms with Gasteiger partial charge >= 0.3 is 5.97 Å². The van der Waals surface area contributed by atoms with E-state index in [0.29, 0.717) is 5.56 Å². The molecule has 0 unspecified atom stereocenters. The zero-order valence-corrected chi connectivity index (χ0v) is 12.7. The van der Waals surface area contributed by atoms with Crippen molar-refractivity contribution in [2.45, 2.75) is 12.3 Å². The second kappa shape index (κ2) is 7.93. The van der Waals surface area contributed by atoms with Crippen LogP contribution in [0.15, 0.2) is 48.7 Å². The number of carboxylic acid groups (broad SMARTS) is 1. The zero-order valence-electron chi connectivity index (χ0n) is 12.7. The van der Waals surface area contributed by atoms with Crippen LogP contribution >= 0.6 is 0 Å². The molecule has 2 rings (SSSR count). The largest absolute Gasteiger partial charge is 0.481 e. The number of pyridine rings is 1. The number of carbonyl (C=O) groups is 2. The first-order chi connectivity index (χ1) is 11.1. The van der Waals surface area contributed by atoms with Crippen molar-refractivity contribution in [3.8, 4) is 5.88 Å². The molecule has 2 N–H and O–H groups in total. The Bertz CT molecular complexity index is 673. The molecule has 0 saturated heterocycles. The summed E-state index contributed by atoms with van der Waals surface area (Å²) in [7, 11) is 1.44. The Hall–Kier alpha value is -2.89. The minimum Gasteiger partial charge on any atom is -0.481 e. The van der Waals surface area contributed by atoms with Crippen molar-refractivity contribution in [1.29, 1.82) is 0 Å². The summed E-state index contributed by atoms with van der Waals surface area (Å²) in [5.74, 6) is -1.33. The van der Waals surface area contributed by atoms with Gasteiger partial charge in [0.05, 0.1) is 13.5 Å². The summed E-state index contributed by atoms with van der Waals surface area (Å²) < 4.78 is 5.06. The third kappa shape index (κ3) is 4.54. The van der Waals surface area contributed by atoms with Crippen molar-refractivity contribution < 1.29 is 19.4 Å². The van der Waals surface area contributed by atoms with Crippen LogP contribution in [0.3, 0.4) is 0 Å². The van der Waals surface area contributed by atoms with Crippen LogP contribution < -0.4 is 10.1 Å². The lowest BCUT2D eigenvalue weighted by molar-refractivity contribution is -0.137. The van der Waals surface area contributed by atoms with E-state index in [0.717, 1.165) is 5.56 Å². The number of ether oxygens (including phenoxy) is 1. The molecule has 1 amide bonds. The Labute approximate surface area is 134 Å². The van der Waals surface area contributed by atoms with E-state index in [9.17, 15) is 9.59 Å². The van der Waals surface area contributed by atoms with E-state index in [1.165, 1.54) is 13.3 Å². The Morgan fingerprint density at radius 1 is 1.22 bits per heavy atom. The second-order valence-corrected chi connectivity index (χ2v) is 4.98. The maximum Gasteiger partial charge on any atom is 0.304 e. The van der Waals surface area contributed by atoms with Gasteiger partial charge in [-0.2, -0.15) is 0 Å². The lowest BCUT2D eigenvalue weighted by atomic mass is 9.95. The third-order valence-electron chi connectivity index (χ3n) is 3.41. The predicted molar refractivity (Wildman–Crippen MR) is 84.6 cm³/mol. The molecule has 0 aliphatic rings. The van der Waals surface area contributed by atoms with Crippen LogP contribution in [-0.4, -0.2) is 35.6 Å². The van der Waals surface area contributed by atoms with E-state index < -0.39 is 5.97 Å². The van der Waals surface area contributed by atoms with Crippen molar-refractivity contribution in [2.24, 2.45) is 0 Å². The third-order valence-corrected chi connectivity index (χ3v) is 3.41. The fourth-order valence-electron chi connectivity index (χ4n) is 2.28. The Morgan fingerprint density at radius 2 is 1.96 bits per heavy atom. The first kappa shape index (κ1) is 16.5. The van der Waals surface area contributed by atoms with Crippen LogP contribution in [0.4, 0.5) is 0 Å². The molecule has 1 atom stereocenters. The molecular weight excluding hydrogens is 296 g/mol. The molecule has 1 aromatic heterocycles. The molecule has 0 aliphatic carbocycles. The summed E-state index contributed by atoms with van der Waals surface area (Å²) in [4.78, 5) is 27.3. The minimum absolute atomic E-state index is 0.0610. The molecule has 1 heterocycles. The molecule has 0 spiro atoms. The first-order valence-electron chi connectivity index (χ1n) is 7.15. The van der Waals surface area contributed by atoms with E-state index in [2.05, 4.69) is 10.3 Å². The van der Waals surface area contributed by atoms with E-state index in [-0.39, 0.29) is 30.7 Å². The van der Waals surface area contributed by atoms with Gasteiger partial charge in [0.2, 0.25) is 5.88 Å². The maximum atomic E-state index is 12.3. The molecule has 120 valence electrons. The topological polar surface area (TPSA) is 88.5 Å². The summed E-state index contributed by atoms with van der Waals surface area (Å²) in [5, 5.41) is 11.8. The number of amides is 1. The van der Waals surface area contributed by atoms with Crippen LogP contribution in [-0.2, 0) is 4.79 Å². The summed E-state index contributed by atoms with van der Waals surface area (Å²) in [6.07, 6.45) is 1.47. The fourth-order valence-corrected chi connectivity index (χ4v) is 2.28. The van der Waals surface area contributed by atoms with Crippen LogP contribution in [0.1, 0.15) is 28.3 Å². The number of nitrogens with zero attached hydrogens (tertiary/aromatic N) is 1. The zero-order chi connectivity index (χ0) is 16.7. The molecule has 0 radical (unpaired) electrons. The van der Waals surface area contributed by atoms with E-state index in [1.54, 1.807) is 12.1 Å². The average molecular weight is 314 g/mol. The predicted octanol–water partition coefficient (Wildman–Crippen LogP) is 2.08. The molecule has 0 fully saturated rings. The van der Waals surface area contributed by atoms with Crippen molar-refractivity contribution in [2.75, 3.05) is 13.7 Å². The van der Waals surface area contributed by atoms with Crippen LogP contribution in [0.2, 0.25) is 0 Å². The molecule has 1 aromatic carbocycles. The van der Waals surface area contributed by atoms with Crippen molar-refractivity contribution in [3.05, 3.63) is 59.8 Å². The number of carbonyl (C=O) groups excluding carboxylic acids is 1. The number of aliphatic carboxylic acids is 1. The first-order valence-corrected chi connectivity index (χ1v) is 7.15. The van der Waals surface area contributed by atoms with Gasteiger partial charge in [-0.1, -0.05) is 30.3 Å². The van der Waals surface area contributed by atoms with Crippen LogP contribution in [0, 0.1) is 0 Å². The van der Waals surface area contributed by atoms with Crippen LogP contribution in [0.25, 0.3) is 0 Å². The Morgan fingerprint density at radius 3 is 2.61 bits per heavy atom. The highest BCUT2D eigenvalue weighted by Gasteiger charge is 2.18. The van der Waals surface area contributed by atoms with E-state index >= 15 is 0 Å². The number of methoxy groups -OCH3 is 1. The minimum atomic E-state index is -0.910. The number of benzene rings is 1. The molecule has 0 aliphatic heterocycles. The summed E-state index contributed by atoms with van der Waals surface area (Å²) in [6.45, 7) is 0.215. The van der Waals surface area contributed by atoms with Gasteiger partial charge in [0, 0.05) is 18.7 Å². The van der Waals surface area contributed by atoms with Crippen molar-refractivity contribution >= 4 is 11.9 Å². The highest BCUT2D eigenvalue weighted by molar-refractivity contribution is 5.96. The highest BCUT2D eigenvalue weighted by atomic mass is 16.5. The van der Waals surface area contributed by atoms with Gasteiger partial charge < -0.3 is 15.2 Å². The SMILES string of the molecule is COc1ncccc1C(=O)NC[C@H](CC(=O)O)c1ccccc1. The summed E-state index contributed by atoms with van der Waals surface area (Å²) in [6, 6.07) is 12.5. The van der Waals surface area contributed by atoms with Crippen LogP contribution in [0.5, 0.6) is 5.88 Å². The molecule has 6 heteroatoms. The quantitative estimate of drug-likeness (QED) is 0.817. The number of hydrogen-bond acceptors (Lipinski definition) is 4. The number of nitrogens with one attached hydrogen (secondary N) is 1. The van der Waals surface area contributed by atoms with Gasteiger partial charge in [-0.3, -0.25) is 9.59 Å². The van der Waals surface area contributed by atoms with Gasteiger partial charge in [-0.15, -0.1) is 0 Å². The van der Waals surface area contributed by atoms with Gasteiger partial charge in [-0.25, -0.2) is 4.98 Å². The summed E-state index contributed by atoms with van der Waals surface area (Å²) in [5.41, 5.74) is 1.19. The molecule has 0 saturated carbocycles. The summed E-state index contributed by atoms with van der Waals surface area (Å²) >= 11 is 0. The molecular formula is C17H18N2O4. The lowest BCUT2D eigenvalue weighted by Gasteiger charge is -2.16. The molecule has 23 heavy (non-hydrogen) atoms. The van der Waals surface area contributed by atoms with E-state index in [1.807, 2.05) is 30.3 Å². The van der Waals surface area contributed by atoms with Crippen molar-refractivity contribution in [3.63, 3.8) is 0 Å². The second-order valence-electron chi connectivity index (χ2n) is 4.98. The van der Waals surface area contributed by atoms with Gasteiger partial charge in [0.1, 0.15) is 5.56 Å². The Kier molecular flexibility index (Phi) is 5.68. The van der Waals surface area contributed by atoms with Gasteiger partial charge in [0.15, 0.2) is 0 Å². The normalized spacial score (nSPS) is 11.5. The molecule has 6 nitrogen and oxygen atoms in total. The molecule has 0 bridgehead atoms. The monoisotopic (exact) mass is 314 g/mol. The number of rotatable bonds is 7. The Balaban J connectivity index is 2.09. The van der Waals surface area contributed by atoms with E-state index in [4.69, 9.17) is 9.84 Å². The number of aromatic nitrogens is 1. The van der Waals surface area contributed by atoms with Crippen molar-refractivity contribution in [1.82, 2.24) is 10.3 Å². The maximum absolute atomic E-state index is 12.3. The smallest absolute Gasteiger partial charge is 0.304 e. The highest BCUT2D eigenvalue weighted by Crippen LogP contribution is 2.19.